The van der Waals surface area contributed by atoms with Gasteiger partial charge in [0.25, 0.3) is 0 Å². The van der Waals surface area contributed by atoms with Crippen molar-refractivity contribution >= 4 is 0 Å². The Labute approximate surface area is 187 Å². The van der Waals surface area contributed by atoms with Crippen molar-refractivity contribution in [3.05, 3.63) is 0 Å². The molecule has 1 heterocycles. The van der Waals surface area contributed by atoms with E-state index < -0.39 is 0 Å². The second-order valence-electron chi connectivity index (χ2n) is 7.85. The molecule has 1 aliphatic rings. The highest BCUT2D eigenvalue weighted by molar-refractivity contribution is 4.73. The summed E-state index contributed by atoms with van der Waals surface area (Å²) in [5.41, 5.74) is 0. The van der Waals surface area contributed by atoms with Gasteiger partial charge in [0, 0.05) is 12.1 Å². The van der Waals surface area contributed by atoms with Crippen molar-refractivity contribution in [1.29, 1.82) is 0 Å². The Balaban J connectivity index is -0.000000169. The predicted molar refractivity (Wildman–Crippen MR) is 138 cm³/mol. The molecule has 1 aliphatic heterocycles. The molecule has 0 bridgehead atoms. The van der Waals surface area contributed by atoms with E-state index in [0.717, 1.165) is 6.04 Å². The van der Waals surface area contributed by atoms with Crippen LogP contribution in [0.4, 0.5) is 0 Å². The van der Waals surface area contributed by atoms with Crippen LogP contribution in [0.25, 0.3) is 0 Å². The summed E-state index contributed by atoms with van der Waals surface area (Å²) in [7, 11) is 10.7. The van der Waals surface area contributed by atoms with Gasteiger partial charge in [0.05, 0.1) is 0 Å². The van der Waals surface area contributed by atoms with Gasteiger partial charge in [-0.15, -0.1) is 0 Å². The summed E-state index contributed by atoms with van der Waals surface area (Å²) >= 11 is 0. The number of hydrogen-bond donors (Lipinski definition) is 1. The molecule has 0 radical (unpaired) electrons. The van der Waals surface area contributed by atoms with Crippen LogP contribution in [-0.2, 0) is 0 Å². The van der Waals surface area contributed by atoms with Crippen LogP contribution >= 0.6 is 0 Å². The molecule has 0 aromatic rings. The second kappa shape index (κ2) is 30.0. The summed E-state index contributed by atoms with van der Waals surface area (Å²) < 4.78 is 0. The molecule has 0 aliphatic carbocycles. The maximum absolute atomic E-state index is 3.30. The van der Waals surface area contributed by atoms with E-state index in [9.17, 15) is 0 Å². The smallest absolute Gasteiger partial charge is 0.00884 e. The molecular formula is C25H62N4. The normalized spacial score (nSPS) is 15.0. The fourth-order valence-corrected chi connectivity index (χ4v) is 2.59. The minimum Gasteiger partial charge on any atom is -0.317 e. The van der Waals surface area contributed by atoms with Crippen LogP contribution in [0.3, 0.4) is 0 Å². The number of rotatable bonds is 8. The third kappa shape index (κ3) is 30.1. The Bertz CT molecular complexity index is 251. The van der Waals surface area contributed by atoms with Crippen LogP contribution in [0.1, 0.15) is 93.9 Å². The summed E-state index contributed by atoms with van der Waals surface area (Å²) in [5, 5.41) is 3.30. The van der Waals surface area contributed by atoms with Crippen LogP contribution in [0.2, 0.25) is 0 Å². The number of nitrogens with zero attached hydrogens (tertiary/aromatic N) is 3. The first-order valence-electron chi connectivity index (χ1n) is 12.5. The van der Waals surface area contributed by atoms with Gasteiger partial charge in [0.1, 0.15) is 0 Å². The predicted octanol–water partition coefficient (Wildman–Crippen LogP) is 5.83. The Kier molecular flexibility index (Phi) is 37.5. The molecule has 1 unspecified atom stereocenters. The number of hydrogen-bond acceptors (Lipinski definition) is 4. The quantitative estimate of drug-likeness (QED) is 0.535. The molecule has 1 saturated heterocycles. The van der Waals surface area contributed by atoms with E-state index in [0.29, 0.717) is 6.04 Å². The fourth-order valence-electron chi connectivity index (χ4n) is 2.59. The van der Waals surface area contributed by atoms with Crippen LogP contribution in [0.5, 0.6) is 0 Å². The third-order valence-corrected chi connectivity index (χ3v) is 4.74. The molecule has 1 N–H and O–H groups in total. The average Bonchev–Trinajstić information content (AvgIpc) is 2.74. The molecule has 0 aromatic heterocycles. The van der Waals surface area contributed by atoms with E-state index in [4.69, 9.17) is 0 Å². The number of nitrogens with one attached hydrogen (secondary N) is 1. The van der Waals surface area contributed by atoms with Gasteiger partial charge < -0.3 is 20.0 Å². The Hall–Kier alpha value is -0.160. The van der Waals surface area contributed by atoms with Crippen molar-refractivity contribution < 1.29 is 0 Å². The van der Waals surface area contributed by atoms with Gasteiger partial charge in [-0.05, 0) is 94.0 Å². The highest BCUT2D eigenvalue weighted by atomic mass is 15.1. The molecule has 0 spiro atoms. The zero-order valence-electron chi connectivity index (χ0n) is 23.1. The summed E-state index contributed by atoms with van der Waals surface area (Å²) in [6, 6.07) is 1.50. The van der Waals surface area contributed by atoms with E-state index in [-0.39, 0.29) is 0 Å². The van der Waals surface area contributed by atoms with Crippen molar-refractivity contribution in [2.24, 2.45) is 0 Å². The van der Waals surface area contributed by atoms with Gasteiger partial charge in [-0.1, -0.05) is 61.3 Å². The number of piperidine rings is 1. The molecule has 0 saturated carbocycles. The highest BCUT2D eigenvalue weighted by Crippen LogP contribution is 2.06. The summed E-state index contributed by atoms with van der Waals surface area (Å²) in [5.74, 6) is 0. The van der Waals surface area contributed by atoms with Crippen molar-refractivity contribution in [3.8, 4) is 0 Å². The monoisotopic (exact) mass is 418 g/mol. The first-order chi connectivity index (χ1) is 13.8. The van der Waals surface area contributed by atoms with Gasteiger partial charge >= 0.3 is 0 Å². The van der Waals surface area contributed by atoms with Crippen LogP contribution in [0.15, 0.2) is 0 Å². The fraction of sp³-hybridized carbons (Fsp3) is 1.00. The summed E-state index contributed by atoms with van der Waals surface area (Å²) in [4.78, 5) is 7.10. The molecule has 1 atom stereocenters. The van der Waals surface area contributed by atoms with E-state index in [1.807, 2.05) is 27.7 Å². The van der Waals surface area contributed by atoms with Crippen molar-refractivity contribution in [2.45, 2.75) is 106 Å². The maximum atomic E-state index is 3.30. The first-order valence-corrected chi connectivity index (χ1v) is 12.5. The minimum atomic E-state index is 0.717. The van der Waals surface area contributed by atoms with Gasteiger partial charge in [-0.2, -0.15) is 0 Å². The molecule has 182 valence electrons. The van der Waals surface area contributed by atoms with Gasteiger partial charge in [-0.3, -0.25) is 0 Å². The lowest BCUT2D eigenvalue weighted by Crippen LogP contribution is -2.39. The number of unbranched alkanes of at least 4 members (excludes halogenated alkanes) is 1. The zero-order chi connectivity index (χ0) is 23.7. The average molecular weight is 419 g/mol. The molecule has 29 heavy (non-hydrogen) atoms. The minimum absolute atomic E-state index is 0.717. The van der Waals surface area contributed by atoms with E-state index in [1.165, 1.54) is 64.7 Å². The lowest BCUT2D eigenvalue weighted by Gasteiger charge is -2.28. The summed E-state index contributed by atoms with van der Waals surface area (Å²) in [6.07, 6.45) is 7.76. The van der Waals surface area contributed by atoms with Crippen molar-refractivity contribution in [1.82, 2.24) is 20.0 Å². The van der Waals surface area contributed by atoms with Gasteiger partial charge in [0.2, 0.25) is 0 Å². The molecule has 1 fully saturated rings. The van der Waals surface area contributed by atoms with Crippen molar-refractivity contribution in [3.63, 3.8) is 0 Å². The Morgan fingerprint density at radius 3 is 1.72 bits per heavy atom. The Morgan fingerprint density at radius 2 is 1.38 bits per heavy atom. The lowest BCUT2D eigenvalue weighted by molar-refractivity contribution is 0.224. The van der Waals surface area contributed by atoms with Crippen LogP contribution in [0, 0.1) is 0 Å². The standard InChI is InChI=1S/C11H26N2.C7H16N2.C3H8.2C2H6/c1-6-7-9-13(5)11(2)8-10-12(3)4;1-8-7-3-5-9(2)6-4-7;1-3-2;2*1-2/h11H,6-10H2,1-5H3;7-8H,3-6H2,1-2H3;3H2,1-2H3;2*1-2H3. The zero-order valence-corrected chi connectivity index (χ0v) is 23.1. The Morgan fingerprint density at radius 1 is 0.931 bits per heavy atom. The molecule has 0 amide bonds. The topological polar surface area (TPSA) is 21.8 Å². The van der Waals surface area contributed by atoms with E-state index in [1.54, 1.807) is 0 Å². The van der Waals surface area contributed by atoms with Crippen LogP contribution < -0.4 is 5.32 Å². The molecule has 4 heteroatoms. The van der Waals surface area contributed by atoms with Crippen molar-refractivity contribution in [2.75, 3.05) is 61.4 Å². The van der Waals surface area contributed by atoms with Gasteiger partial charge in [0.15, 0.2) is 0 Å². The van der Waals surface area contributed by atoms with Crippen LogP contribution in [-0.4, -0.2) is 88.2 Å². The molecule has 4 nitrogen and oxygen atoms in total. The third-order valence-electron chi connectivity index (χ3n) is 4.74. The highest BCUT2D eigenvalue weighted by Gasteiger charge is 2.13. The molecular weight excluding hydrogens is 356 g/mol. The second-order valence-corrected chi connectivity index (χ2v) is 7.85. The first kappa shape index (κ1) is 36.2. The van der Waals surface area contributed by atoms with E-state index >= 15 is 0 Å². The number of likely N-dealkylation sites (tertiary alicyclic amines) is 1. The largest absolute Gasteiger partial charge is 0.317 e. The lowest BCUT2D eigenvalue weighted by atomic mass is 10.1. The SMILES string of the molecule is CC.CC.CCC.CCCCN(C)C(C)CCN(C)C.CNC1CCN(C)CC1. The maximum Gasteiger partial charge on any atom is 0.00884 e. The molecule has 0 aromatic carbocycles. The van der Waals surface area contributed by atoms with E-state index in [2.05, 4.69) is 82.9 Å². The molecule has 1 rings (SSSR count). The van der Waals surface area contributed by atoms with Gasteiger partial charge in [-0.25, -0.2) is 0 Å². The summed E-state index contributed by atoms with van der Waals surface area (Å²) in [6.45, 7) is 21.8.